The molecule has 0 aliphatic rings. The molecule has 5 heterocycles. The molecule has 82 heavy (non-hydrogen) atoms. The van der Waals surface area contributed by atoms with Crippen LogP contribution in [0.3, 0.4) is 0 Å². The molecule has 0 atom stereocenters. The van der Waals surface area contributed by atoms with Gasteiger partial charge >= 0.3 is 0 Å². The molecule has 17 rings (SSSR count). The lowest BCUT2D eigenvalue weighted by Gasteiger charge is -2.25. The second kappa shape index (κ2) is 17.7. The average Bonchev–Trinajstić information content (AvgIpc) is 2.35. The van der Waals surface area contributed by atoms with Gasteiger partial charge in [0.2, 0.25) is 0 Å². The van der Waals surface area contributed by atoms with Crippen molar-refractivity contribution in [2.45, 2.75) is 0 Å². The smallest absolute Gasteiger partial charge is 0.101 e. The van der Waals surface area contributed by atoms with E-state index in [1.54, 1.807) is 11.3 Å². The molecule has 7 nitrogen and oxygen atoms in total. The molecule has 0 amide bonds. The zero-order chi connectivity index (χ0) is 54.2. The lowest BCUT2D eigenvalue weighted by molar-refractivity contribution is 1.12. The van der Waals surface area contributed by atoms with E-state index >= 15 is 0 Å². The quantitative estimate of drug-likeness (QED) is 0.160. The number of para-hydroxylation sites is 6. The third-order valence-electron chi connectivity index (χ3n) is 16.8. The lowest BCUT2D eigenvalue weighted by Crippen LogP contribution is -2.09. The molecular weight excluding hydrogens is 1020 g/mol. The van der Waals surface area contributed by atoms with Gasteiger partial charge in [-0.15, -0.1) is 11.3 Å². The Morgan fingerprint density at radius 3 is 1.40 bits per heavy atom. The first-order valence-electron chi connectivity index (χ1n) is 27.4. The second-order valence-corrected chi connectivity index (χ2v) is 22.2. The zero-order valence-electron chi connectivity index (χ0n) is 43.9. The highest BCUT2D eigenvalue weighted by molar-refractivity contribution is 7.25. The minimum absolute atomic E-state index is 0.436. The van der Waals surface area contributed by atoms with E-state index in [1.165, 1.54) is 26.2 Å². The van der Waals surface area contributed by atoms with Gasteiger partial charge < -0.3 is 23.2 Å². The van der Waals surface area contributed by atoms with Gasteiger partial charge in [-0.1, -0.05) is 140 Å². The van der Waals surface area contributed by atoms with Crippen LogP contribution in [-0.2, 0) is 0 Å². The van der Waals surface area contributed by atoms with Crippen molar-refractivity contribution in [1.82, 2.24) is 18.3 Å². The third-order valence-corrected chi connectivity index (χ3v) is 17.9. The number of fused-ring (bicyclic) bond motifs is 16. The van der Waals surface area contributed by atoms with Gasteiger partial charge in [-0.3, -0.25) is 0 Å². The fourth-order valence-corrected chi connectivity index (χ4v) is 14.4. The molecule has 380 valence electrons. The Balaban J connectivity index is 0.962. The van der Waals surface area contributed by atoms with Gasteiger partial charge in [0.25, 0.3) is 0 Å². The first-order valence-corrected chi connectivity index (χ1v) is 28.3. The van der Waals surface area contributed by atoms with Crippen LogP contribution in [0.5, 0.6) is 0 Å². The van der Waals surface area contributed by atoms with Crippen LogP contribution in [0.4, 0.5) is 17.1 Å². The van der Waals surface area contributed by atoms with Crippen LogP contribution in [0.1, 0.15) is 11.1 Å². The summed E-state index contributed by atoms with van der Waals surface area (Å²) < 4.78 is 11.6. The Bertz CT molecular complexity index is 5520. The van der Waals surface area contributed by atoms with E-state index < -0.39 is 0 Å². The predicted molar refractivity (Wildman–Crippen MR) is 341 cm³/mol. The Kier molecular flexibility index (Phi) is 9.88. The Morgan fingerprint density at radius 1 is 0.280 bits per heavy atom. The zero-order valence-corrected chi connectivity index (χ0v) is 44.7. The molecule has 17 aromatic rings. The van der Waals surface area contributed by atoms with E-state index in [0.29, 0.717) is 22.5 Å². The van der Waals surface area contributed by atoms with Crippen LogP contribution < -0.4 is 4.90 Å². The largest absolute Gasteiger partial charge is 0.310 e. The van der Waals surface area contributed by atoms with Gasteiger partial charge in [-0.2, -0.15) is 10.5 Å². The van der Waals surface area contributed by atoms with Crippen molar-refractivity contribution in [3.8, 4) is 34.9 Å². The van der Waals surface area contributed by atoms with E-state index in [9.17, 15) is 10.5 Å². The van der Waals surface area contributed by atoms with Gasteiger partial charge in [-0.25, -0.2) is 0 Å². The van der Waals surface area contributed by atoms with Crippen molar-refractivity contribution in [3.63, 3.8) is 0 Å². The average molecular weight is 1060 g/mol. The van der Waals surface area contributed by atoms with Gasteiger partial charge in [0.1, 0.15) is 12.1 Å². The number of anilines is 3. The Hall–Kier alpha value is -11.2. The van der Waals surface area contributed by atoms with Crippen molar-refractivity contribution in [3.05, 3.63) is 272 Å². The topological polar surface area (TPSA) is 70.5 Å². The van der Waals surface area contributed by atoms with Crippen LogP contribution in [0.15, 0.2) is 261 Å². The summed E-state index contributed by atoms with van der Waals surface area (Å²) >= 11 is 1.77. The van der Waals surface area contributed by atoms with Gasteiger partial charge in [-0.05, 0) is 121 Å². The van der Waals surface area contributed by atoms with E-state index in [4.69, 9.17) is 0 Å². The minimum Gasteiger partial charge on any atom is -0.310 e. The first-order chi connectivity index (χ1) is 40.6. The number of nitriles is 2. The van der Waals surface area contributed by atoms with Crippen LogP contribution in [0, 0.1) is 22.7 Å². The number of aromatic nitrogens is 4. The standard InChI is InChI=1S/C74H43N7S/c75-44-46-39-69(47(45-76)38-68(46)80-66-36-33-52(78-63-28-14-10-24-53(63)54-25-11-15-29-64(54)78)41-60(66)61-42-62-56-27-13-17-31-71(56)82-72(62)43-70(61)80)81-67-37-32-51(77(48-18-4-1-5-19-48)49-20-6-2-7-21-49)40-59(67)58-35-34-57-55-26-12-16-30-65(55)79(73(57)74(58)81)50-22-8-3-9-23-50/h1-43H. The fraction of sp³-hybridized carbons (Fsp3) is 0. The van der Waals surface area contributed by atoms with E-state index in [-0.39, 0.29) is 0 Å². The Morgan fingerprint density at radius 2 is 0.756 bits per heavy atom. The van der Waals surface area contributed by atoms with Crippen LogP contribution in [0.25, 0.3) is 130 Å². The first kappa shape index (κ1) is 45.8. The summed E-state index contributed by atoms with van der Waals surface area (Å²) in [4.78, 5) is 2.29. The molecule has 0 radical (unpaired) electrons. The number of benzene rings is 12. The molecule has 0 N–H and O–H groups in total. The molecule has 0 saturated heterocycles. The number of hydrogen-bond acceptors (Lipinski definition) is 4. The number of nitrogens with zero attached hydrogens (tertiary/aromatic N) is 7. The fourth-order valence-electron chi connectivity index (χ4n) is 13.3. The highest BCUT2D eigenvalue weighted by Crippen LogP contribution is 2.47. The molecule has 0 bridgehead atoms. The molecule has 5 aromatic heterocycles. The molecule has 12 aromatic carbocycles. The van der Waals surface area contributed by atoms with Crippen molar-refractivity contribution >= 4 is 136 Å². The minimum atomic E-state index is 0.436. The maximum absolute atomic E-state index is 11.8. The molecule has 8 heteroatoms. The molecule has 0 spiro atoms. The van der Waals surface area contributed by atoms with Crippen molar-refractivity contribution in [2.24, 2.45) is 0 Å². The molecule has 0 fully saturated rings. The number of hydrogen-bond donors (Lipinski definition) is 0. The van der Waals surface area contributed by atoms with Crippen molar-refractivity contribution < 1.29 is 0 Å². The predicted octanol–water partition coefficient (Wildman–Crippen LogP) is 19.7. The SMILES string of the molecule is N#Cc1cc(-n2c3ccc(N(c4ccccc4)c4ccccc4)cc3c3ccc4c5ccccc5n(-c5ccccc5)c4c32)c(C#N)cc1-n1c2ccc(-n3c4ccccc4c4ccccc43)cc2c2cc3c(cc21)sc1ccccc13. The summed E-state index contributed by atoms with van der Waals surface area (Å²) in [5, 5.41) is 34.6. The lowest BCUT2D eigenvalue weighted by atomic mass is 10.1. The number of thiophene rings is 1. The molecule has 0 aliphatic heterocycles. The van der Waals surface area contributed by atoms with E-state index in [2.05, 4.69) is 266 Å². The summed E-state index contributed by atoms with van der Waals surface area (Å²) in [6, 6.07) is 97.6. The van der Waals surface area contributed by atoms with Crippen molar-refractivity contribution in [2.75, 3.05) is 4.90 Å². The molecule has 0 aliphatic carbocycles. The normalized spacial score (nSPS) is 11.9. The van der Waals surface area contributed by atoms with Gasteiger partial charge in [0.05, 0.1) is 66.6 Å². The molecule has 0 saturated carbocycles. The van der Waals surface area contributed by atoms with Crippen LogP contribution in [-0.4, -0.2) is 18.3 Å². The summed E-state index contributed by atoms with van der Waals surface area (Å²) in [5.74, 6) is 0. The van der Waals surface area contributed by atoms with Gasteiger partial charge in [0.15, 0.2) is 0 Å². The maximum Gasteiger partial charge on any atom is 0.101 e. The highest BCUT2D eigenvalue weighted by atomic mass is 32.1. The summed E-state index contributed by atoms with van der Waals surface area (Å²) in [6.45, 7) is 0. The van der Waals surface area contributed by atoms with Crippen molar-refractivity contribution in [1.29, 1.82) is 10.5 Å². The Labute approximate surface area is 473 Å². The van der Waals surface area contributed by atoms with E-state index in [1.807, 2.05) is 30.3 Å². The summed E-state index contributed by atoms with van der Waals surface area (Å²) in [6.07, 6.45) is 0. The maximum atomic E-state index is 11.8. The monoisotopic (exact) mass is 1060 g/mol. The number of rotatable bonds is 7. The highest BCUT2D eigenvalue weighted by Gasteiger charge is 2.27. The second-order valence-electron chi connectivity index (χ2n) is 21.1. The van der Waals surface area contributed by atoms with E-state index in [0.717, 1.165) is 110 Å². The van der Waals surface area contributed by atoms with Gasteiger partial charge in [0, 0.05) is 91.7 Å². The van der Waals surface area contributed by atoms with Crippen LogP contribution >= 0.6 is 11.3 Å². The molecule has 0 unspecified atom stereocenters. The summed E-state index contributed by atoms with van der Waals surface area (Å²) in [5.41, 5.74) is 15.3. The third kappa shape index (κ3) is 6.56. The molecular formula is C74H43N7S. The van der Waals surface area contributed by atoms with Crippen LogP contribution in [0.2, 0.25) is 0 Å². The summed E-state index contributed by atoms with van der Waals surface area (Å²) in [7, 11) is 0.